The minimum absolute atomic E-state index is 0.122. The summed E-state index contributed by atoms with van der Waals surface area (Å²) < 4.78 is 17.1. The Bertz CT molecular complexity index is 1210. The zero-order valence-electron chi connectivity index (χ0n) is 19.6. The number of benzene rings is 1. The van der Waals surface area contributed by atoms with Gasteiger partial charge in [0, 0.05) is 42.3 Å². The normalized spacial score (nSPS) is 19.4. The molecule has 2 aromatic heterocycles. The second-order valence-corrected chi connectivity index (χ2v) is 9.19. The van der Waals surface area contributed by atoms with Crippen molar-refractivity contribution in [2.45, 2.75) is 44.2 Å². The van der Waals surface area contributed by atoms with Crippen LogP contribution in [0.25, 0.3) is 11.3 Å². The lowest BCUT2D eigenvalue weighted by molar-refractivity contribution is 0.0922. The molecule has 8 heteroatoms. The predicted molar refractivity (Wildman–Crippen MR) is 135 cm³/mol. The molecule has 2 aliphatic rings. The number of ether oxygens (including phenoxy) is 3. The smallest absolute Gasteiger partial charge is 0.160 e. The lowest BCUT2D eigenvalue weighted by Gasteiger charge is -2.20. The number of nitrogens with one attached hydrogen (secondary N) is 2. The van der Waals surface area contributed by atoms with E-state index in [-0.39, 0.29) is 6.10 Å². The Morgan fingerprint density at radius 1 is 1.24 bits per heavy atom. The number of aromatic nitrogens is 2. The summed E-state index contributed by atoms with van der Waals surface area (Å²) in [5, 5.41) is 4.14. The first kappa shape index (κ1) is 22.7. The van der Waals surface area contributed by atoms with Gasteiger partial charge in [-0.15, -0.1) is 0 Å². The number of fused-ring (bicyclic) bond motifs is 3. The summed E-state index contributed by atoms with van der Waals surface area (Å²) in [4.78, 5) is 12.9. The van der Waals surface area contributed by atoms with Gasteiger partial charge < -0.3 is 24.5 Å². The van der Waals surface area contributed by atoms with Crippen molar-refractivity contribution < 1.29 is 14.2 Å². The summed E-state index contributed by atoms with van der Waals surface area (Å²) in [6, 6.07) is 7.98. The van der Waals surface area contributed by atoms with E-state index in [1.165, 1.54) is 12.1 Å². The van der Waals surface area contributed by atoms with Gasteiger partial charge in [-0.05, 0) is 38.0 Å². The van der Waals surface area contributed by atoms with Crippen molar-refractivity contribution in [1.29, 1.82) is 0 Å². The zero-order valence-corrected chi connectivity index (χ0v) is 20.4. The standard InChI is InChI=1S/C26H29ClN4O3/c1-15(14-32-2)34-22-13-28-11-10-17(22)24-25(30-21-9-5-7-19(27)26(21)33-3)18-12-29-20-8-4-6-16(20)23(18)31-24/h5,7,9-13,15-16,20,30-31H,4,6,8,14H2,1-3H3/t15?,16-,20+/m0/s1. The fourth-order valence-corrected chi connectivity index (χ4v) is 5.29. The molecule has 178 valence electrons. The molecular weight excluding hydrogens is 452 g/mol. The van der Waals surface area contributed by atoms with Crippen molar-refractivity contribution >= 4 is 29.2 Å². The molecular formula is C26H29ClN4O3. The molecule has 1 saturated carbocycles. The van der Waals surface area contributed by atoms with Gasteiger partial charge in [-0.3, -0.25) is 9.98 Å². The number of aromatic amines is 1. The highest BCUT2D eigenvalue weighted by molar-refractivity contribution is 6.32. The first-order chi connectivity index (χ1) is 16.6. The van der Waals surface area contributed by atoms with Gasteiger partial charge in [0.05, 0.1) is 48.0 Å². The van der Waals surface area contributed by atoms with Crippen LogP contribution in [0.5, 0.6) is 11.5 Å². The van der Waals surface area contributed by atoms with Crippen LogP contribution in [0.2, 0.25) is 5.02 Å². The van der Waals surface area contributed by atoms with E-state index in [1.807, 2.05) is 37.4 Å². The van der Waals surface area contributed by atoms with Crippen LogP contribution in [0, 0.1) is 0 Å². The maximum atomic E-state index is 6.42. The fourth-order valence-electron chi connectivity index (χ4n) is 5.03. The first-order valence-electron chi connectivity index (χ1n) is 11.6. The van der Waals surface area contributed by atoms with Gasteiger partial charge >= 0.3 is 0 Å². The van der Waals surface area contributed by atoms with E-state index in [1.54, 1.807) is 26.6 Å². The third-order valence-corrected chi connectivity index (χ3v) is 6.83. The maximum Gasteiger partial charge on any atom is 0.160 e. The number of aliphatic imine (C=N–C) groups is 1. The van der Waals surface area contributed by atoms with Crippen LogP contribution in [0.3, 0.4) is 0 Å². The molecule has 3 aromatic rings. The van der Waals surface area contributed by atoms with Crippen molar-refractivity contribution in [3.05, 3.63) is 52.9 Å². The number of methoxy groups -OCH3 is 2. The molecule has 0 radical (unpaired) electrons. The molecule has 1 fully saturated rings. The number of halogens is 1. The summed E-state index contributed by atoms with van der Waals surface area (Å²) in [5.41, 5.74) is 5.81. The topological polar surface area (TPSA) is 80.8 Å². The Kier molecular flexibility index (Phi) is 6.48. The van der Waals surface area contributed by atoms with Gasteiger partial charge in [0.25, 0.3) is 0 Å². The molecule has 1 aliphatic carbocycles. The third-order valence-electron chi connectivity index (χ3n) is 6.53. The van der Waals surface area contributed by atoms with Gasteiger partial charge in [0.15, 0.2) is 5.75 Å². The zero-order chi connectivity index (χ0) is 23.7. The van der Waals surface area contributed by atoms with Crippen LogP contribution in [0.15, 0.2) is 41.7 Å². The van der Waals surface area contributed by atoms with Gasteiger partial charge in [-0.1, -0.05) is 24.1 Å². The Morgan fingerprint density at radius 3 is 2.94 bits per heavy atom. The summed E-state index contributed by atoms with van der Waals surface area (Å²) in [7, 11) is 3.29. The molecule has 1 aromatic carbocycles. The van der Waals surface area contributed by atoms with Crippen molar-refractivity contribution in [2.24, 2.45) is 4.99 Å². The average molecular weight is 481 g/mol. The Labute approximate surface area is 204 Å². The van der Waals surface area contributed by atoms with Crippen LogP contribution < -0.4 is 14.8 Å². The van der Waals surface area contributed by atoms with Crippen molar-refractivity contribution in [3.63, 3.8) is 0 Å². The van der Waals surface area contributed by atoms with Crippen molar-refractivity contribution in [2.75, 3.05) is 26.1 Å². The van der Waals surface area contributed by atoms with Crippen LogP contribution >= 0.6 is 11.6 Å². The Hall–Kier alpha value is -3.03. The molecule has 1 unspecified atom stereocenters. The lowest BCUT2D eigenvalue weighted by Crippen LogP contribution is -2.18. The minimum Gasteiger partial charge on any atom is -0.493 e. The second kappa shape index (κ2) is 9.68. The molecule has 0 saturated heterocycles. The summed E-state index contributed by atoms with van der Waals surface area (Å²) in [6.45, 7) is 2.46. The highest BCUT2D eigenvalue weighted by atomic mass is 35.5. The predicted octanol–water partition coefficient (Wildman–Crippen LogP) is 5.96. The van der Waals surface area contributed by atoms with Gasteiger partial charge in [0.2, 0.25) is 0 Å². The van der Waals surface area contributed by atoms with Gasteiger partial charge in [0.1, 0.15) is 11.9 Å². The molecule has 34 heavy (non-hydrogen) atoms. The van der Waals surface area contributed by atoms with Gasteiger partial charge in [-0.25, -0.2) is 0 Å². The number of para-hydroxylation sites is 1. The summed E-state index contributed by atoms with van der Waals surface area (Å²) in [6.07, 6.45) is 8.83. The molecule has 2 N–H and O–H groups in total. The quantitative estimate of drug-likeness (QED) is 0.415. The molecule has 3 atom stereocenters. The number of nitrogens with zero attached hydrogens (tertiary/aromatic N) is 2. The summed E-state index contributed by atoms with van der Waals surface area (Å²) >= 11 is 6.42. The third kappa shape index (κ3) is 4.14. The number of anilines is 2. The Balaban J connectivity index is 1.64. The van der Waals surface area contributed by atoms with Crippen molar-refractivity contribution in [3.8, 4) is 22.8 Å². The molecule has 0 bridgehead atoms. The minimum atomic E-state index is -0.122. The summed E-state index contributed by atoms with van der Waals surface area (Å²) in [5.74, 6) is 1.66. The van der Waals surface area contributed by atoms with E-state index in [4.69, 9.17) is 30.8 Å². The van der Waals surface area contributed by atoms with Crippen LogP contribution in [-0.4, -0.2) is 49.2 Å². The molecule has 5 rings (SSSR count). The van der Waals surface area contributed by atoms with Crippen LogP contribution in [-0.2, 0) is 4.74 Å². The van der Waals surface area contributed by atoms with E-state index >= 15 is 0 Å². The largest absolute Gasteiger partial charge is 0.493 e. The van der Waals surface area contributed by atoms with Crippen molar-refractivity contribution in [1.82, 2.24) is 9.97 Å². The van der Waals surface area contributed by atoms with Gasteiger partial charge in [-0.2, -0.15) is 0 Å². The molecule has 3 heterocycles. The molecule has 0 amide bonds. The van der Waals surface area contributed by atoms with Crippen LogP contribution in [0.4, 0.5) is 11.4 Å². The van der Waals surface area contributed by atoms with E-state index in [2.05, 4.69) is 15.3 Å². The number of hydrogen-bond donors (Lipinski definition) is 2. The maximum absolute atomic E-state index is 6.42. The second-order valence-electron chi connectivity index (χ2n) is 8.79. The number of rotatable bonds is 8. The molecule has 1 aliphatic heterocycles. The highest BCUT2D eigenvalue weighted by Crippen LogP contribution is 2.47. The van der Waals surface area contributed by atoms with E-state index in [0.29, 0.717) is 35.1 Å². The Morgan fingerprint density at radius 2 is 2.12 bits per heavy atom. The average Bonchev–Trinajstić information content (AvgIpc) is 3.45. The first-order valence-corrected chi connectivity index (χ1v) is 12.0. The van der Waals surface area contributed by atoms with E-state index < -0.39 is 0 Å². The van der Waals surface area contributed by atoms with E-state index in [9.17, 15) is 0 Å². The molecule has 0 spiro atoms. The monoisotopic (exact) mass is 480 g/mol. The molecule has 7 nitrogen and oxygen atoms in total. The highest BCUT2D eigenvalue weighted by Gasteiger charge is 2.36. The SMILES string of the molecule is COCC(C)Oc1cnccc1-c1[nH]c2c(c1Nc1cccc(Cl)c1OC)C=N[C@@H]1CCC[C@H]21. The lowest BCUT2D eigenvalue weighted by atomic mass is 9.94. The fraction of sp³-hybridized carbons (Fsp3) is 0.385. The van der Waals surface area contributed by atoms with Crippen LogP contribution in [0.1, 0.15) is 43.4 Å². The van der Waals surface area contributed by atoms with E-state index in [0.717, 1.165) is 41.0 Å². The number of H-pyrrole nitrogens is 1. The number of hydrogen-bond acceptors (Lipinski definition) is 6. The number of pyridine rings is 1.